The molecule has 0 fully saturated rings. The van der Waals surface area contributed by atoms with E-state index in [0.29, 0.717) is 0 Å². The summed E-state index contributed by atoms with van der Waals surface area (Å²) in [6.07, 6.45) is 5.34. The molecule has 1 heterocycles. The van der Waals surface area contributed by atoms with Gasteiger partial charge in [-0.3, -0.25) is 0 Å². The van der Waals surface area contributed by atoms with E-state index >= 15 is 0 Å². The Morgan fingerprint density at radius 2 is 1.45 bits per heavy atom. The summed E-state index contributed by atoms with van der Waals surface area (Å²) in [5.74, 6) is 9.98. The fourth-order valence-electron chi connectivity index (χ4n) is 3.15. The zero-order valence-electron chi connectivity index (χ0n) is 16.6. The zero-order valence-corrected chi connectivity index (χ0v) is 16.6. The van der Waals surface area contributed by atoms with Crippen molar-refractivity contribution in [3.8, 4) is 34.5 Å². The Morgan fingerprint density at radius 3 is 2.07 bits per heavy atom. The minimum atomic E-state index is -0.377. The van der Waals surface area contributed by atoms with Gasteiger partial charge in [-0.05, 0) is 53.4 Å². The van der Waals surface area contributed by atoms with Crippen molar-refractivity contribution in [1.29, 1.82) is 0 Å². The first kappa shape index (κ1) is 19.0. The van der Waals surface area contributed by atoms with E-state index in [1.165, 1.54) is 17.5 Å². The van der Waals surface area contributed by atoms with Crippen LogP contribution in [0.1, 0.15) is 37.3 Å². The third-order valence-corrected chi connectivity index (χ3v) is 4.80. The van der Waals surface area contributed by atoms with E-state index in [2.05, 4.69) is 67.3 Å². The summed E-state index contributed by atoms with van der Waals surface area (Å²) >= 11 is 0. The molecule has 0 saturated heterocycles. The van der Waals surface area contributed by atoms with Gasteiger partial charge in [0.05, 0.1) is 0 Å². The van der Waals surface area contributed by atoms with Crippen molar-refractivity contribution in [2.24, 2.45) is 0 Å². The molecule has 4 rings (SSSR count). The average molecular weight is 378 g/mol. The monoisotopic (exact) mass is 378 g/mol. The molecule has 0 aromatic heterocycles. The Balaban J connectivity index is 1.37. The standard InChI is InChI=1S/C26H23BO2/c1-2-3-4-5-8-21-11-15-23(16-12-21)24-17-13-22(14-18-24)19-20-27-28-25-9-6-7-10-26(25)29-27/h6-7,9-20H,2-4H2,1H3/b20-19+. The molecule has 3 heteroatoms. The highest BCUT2D eigenvalue weighted by atomic mass is 16.6. The summed E-state index contributed by atoms with van der Waals surface area (Å²) in [5.41, 5.74) is 4.56. The van der Waals surface area contributed by atoms with Gasteiger partial charge in [0.1, 0.15) is 11.5 Å². The van der Waals surface area contributed by atoms with Gasteiger partial charge in [-0.2, -0.15) is 0 Å². The Labute approximate surface area is 173 Å². The highest BCUT2D eigenvalue weighted by Gasteiger charge is 2.28. The van der Waals surface area contributed by atoms with Gasteiger partial charge >= 0.3 is 7.12 Å². The van der Waals surface area contributed by atoms with Gasteiger partial charge in [-0.15, -0.1) is 0 Å². The van der Waals surface area contributed by atoms with Gasteiger partial charge in [0, 0.05) is 12.0 Å². The normalized spacial score (nSPS) is 12.1. The van der Waals surface area contributed by atoms with Gasteiger partial charge in [0.25, 0.3) is 0 Å². The second kappa shape index (κ2) is 9.21. The van der Waals surface area contributed by atoms with E-state index in [4.69, 9.17) is 9.31 Å². The van der Waals surface area contributed by atoms with Crippen LogP contribution in [0.15, 0.2) is 78.8 Å². The molecule has 0 spiro atoms. The molecule has 0 atom stereocenters. The Hall–Kier alpha value is -3.38. The van der Waals surface area contributed by atoms with Crippen LogP contribution in [0.25, 0.3) is 17.2 Å². The molecule has 1 aliphatic heterocycles. The van der Waals surface area contributed by atoms with Crippen molar-refractivity contribution >= 4 is 13.2 Å². The lowest BCUT2D eigenvalue weighted by molar-refractivity contribution is 0.517. The van der Waals surface area contributed by atoms with Gasteiger partial charge in [0.2, 0.25) is 0 Å². The average Bonchev–Trinajstić information content (AvgIpc) is 3.19. The molecule has 142 valence electrons. The number of rotatable bonds is 5. The molecule has 0 radical (unpaired) electrons. The lowest BCUT2D eigenvalue weighted by Crippen LogP contribution is -2.21. The van der Waals surface area contributed by atoms with Crippen molar-refractivity contribution < 1.29 is 9.31 Å². The largest absolute Gasteiger partial charge is 0.625 e. The lowest BCUT2D eigenvalue weighted by Gasteiger charge is -2.03. The third kappa shape index (κ3) is 4.92. The molecule has 3 aromatic rings. The fourth-order valence-corrected chi connectivity index (χ4v) is 3.15. The number of hydrogen-bond donors (Lipinski definition) is 0. The molecule has 0 aliphatic carbocycles. The van der Waals surface area contributed by atoms with Crippen LogP contribution < -0.4 is 9.31 Å². The maximum Gasteiger partial charge on any atom is 0.625 e. The number of unbranched alkanes of at least 4 members (excludes halogenated alkanes) is 2. The Morgan fingerprint density at radius 1 is 0.828 bits per heavy atom. The van der Waals surface area contributed by atoms with Gasteiger partial charge in [-0.1, -0.05) is 79.8 Å². The molecular formula is C26H23BO2. The Bertz CT molecular complexity index is 1020. The molecule has 0 saturated carbocycles. The predicted octanol–water partition coefficient (Wildman–Crippen LogP) is 6.41. The van der Waals surface area contributed by atoms with E-state index in [-0.39, 0.29) is 7.12 Å². The second-order valence-electron chi connectivity index (χ2n) is 7.01. The smallest absolute Gasteiger partial charge is 0.520 e. The zero-order chi connectivity index (χ0) is 19.9. The molecule has 2 nitrogen and oxygen atoms in total. The van der Waals surface area contributed by atoms with Crippen LogP contribution in [-0.2, 0) is 0 Å². The molecule has 0 bridgehead atoms. The lowest BCUT2D eigenvalue weighted by atomic mass is 9.89. The maximum absolute atomic E-state index is 5.75. The Kier molecular flexibility index (Phi) is 6.02. The number of fused-ring (bicyclic) bond motifs is 1. The highest BCUT2D eigenvalue weighted by molar-refractivity contribution is 6.54. The first-order chi connectivity index (χ1) is 14.3. The number of benzene rings is 3. The SMILES string of the molecule is CCCCC#Cc1ccc(-c2ccc(/C=C/B3Oc4ccccc4O3)cc2)cc1. The second-order valence-corrected chi connectivity index (χ2v) is 7.01. The summed E-state index contributed by atoms with van der Waals surface area (Å²) in [6.45, 7) is 2.19. The highest BCUT2D eigenvalue weighted by Crippen LogP contribution is 2.33. The molecule has 29 heavy (non-hydrogen) atoms. The molecule has 0 unspecified atom stereocenters. The van der Waals surface area contributed by atoms with Crippen LogP contribution in [0.2, 0.25) is 0 Å². The predicted molar refractivity (Wildman–Crippen MR) is 121 cm³/mol. The van der Waals surface area contributed by atoms with E-state index in [9.17, 15) is 0 Å². The fraction of sp³-hybridized carbons (Fsp3) is 0.154. The number of hydrogen-bond acceptors (Lipinski definition) is 2. The first-order valence-electron chi connectivity index (χ1n) is 10.1. The minimum absolute atomic E-state index is 0.377. The third-order valence-electron chi connectivity index (χ3n) is 4.80. The van der Waals surface area contributed by atoms with Crippen molar-refractivity contribution in [2.45, 2.75) is 26.2 Å². The van der Waals surface area contributed by atoms with Crippen LogP contribution in [0.5, 0.6) is 11.5 Å². The van der Waals surface area contributed by atoms with Crippen LogP contribution >= 0.6 is 0 Å². The van der Waals surface area contributed by atoms with E-state index < -0.39 is 0 Å². The molecule has 0 N–H and O–H groups in total. The molecule has 1 aliphatic rings. The summed E-state index contributed by atoms with van der Waals surface area (Å²) in [7, 11) is -0.377. The summed E-state index contributed by atoms with van der Waals surface area (Å²) < 4.78 is 11.5. The van der Waals surface area contributed by atoms with Crippen molar-refractivity contribution in [2.75, 3.05) is 0 Å². The van der Waals surface area contributed by atoms with Gasteiger partial charge < -0.3 is 9.31 Å². The summed E-state index contributed by atoms with van der Waals surface area (Å²) in [6, 6.07) is 24.6. The van der Waals surface area contributed by atoms with E-state index in [0.717, 1.165) is 35.5 Å². The number of para-hydroxylation sites is 2. The molecule has 0 amide bonds. The summed E-state index contributed by atoms with van der Waals surface area (Å²) in [5, 5.41) is 0. The van der Waals surface area contributed by atoms with Crippen LogP contribution in [0, 0.1) is 11.8 Å². The quantitative estimate of drug-likeness (QED) is 0.290. The van der Waals surface area contributed by atoms with Gasteiger partial charge in [-0.25, -0.2) is 0 Å². The van der Waals surface area contributed by atoms with E-state index in [1.54, 1.807) is 0 Å². The van der Waals surface area contributed by atoms with Crippen LogP contribution in [0.3, 0.4) is 0 Å². The van der Waals surface area contributed by atoms with Gasteiger partial charge in [0.15, 0.2) is 0 Å². The van der Waals surface area contributed by atoms with Crippen molar-refractivity contribution in [3.05, 3.63) is 89.9 Å². The molecular weight excluding hydrogens is 355 g/mol. The molecule has 3 aromatic carbocycles. The minimum Gasteiger partial charge on any atom is -0.520 e. The van der Waals surface area contributed by atoms with E-state index in [1.807, 2.05) is 36.3 Å². The summed E-state index contributed by atoms with van der Waals surface area (Å²) in [4.78, 5) is 0. The maximum atomic E-state index is 5.75. The van der Waals surface area contributed by atoms with Crippen LogP contribution in [-0.4, -0.2) is 7.12 Å². The van der Waals surface area contributed by atoms with Crippen LogP contribution in [0.4, 0.5) is 0 Å². The van der Waals surface area contributed by atoms with Crippen molar-refractivity contribution in [1.82, 2.24) is 0 Å². The first-order valence-corrected chi connectivity index (χ1v) is 10.1. The topological polar surface area (TPSA) is 18.5 Å². The van der Waals surface area contributed by atoms with Crippen molar-refractivity contribution in [3.63, 3.8) is 0 Å².